The van der Waals surface area contributed by atoms with E-state index in [4.69, 9.17) is 9.84 Å². The molecule has 5 nitrogen and oxygen atoms in total. The standard InChI is InChI=1S/C39H77NO4/c1-2-3-4-5-6-7-8-9-10-11-12-13-14-15-16-17-19-22-25-31-36-44-37-32-26-23-20-18-21-24-28-33-38(41)40-35-30-27-29-34-39(42)43/h2-37H2,1H3,(H,40,41)(H,42,43). The molecule has 0 heterocycles. The summed E-state index contributed by atoms with van der Waals surface area (Å²) in [6, 6.07) is 0. The number of hydrogen-bond donors (Lipinski definition) is 2. The van der Waals surface area contributed by atoms with Gasteiger partial charge in [0.05, 0.1) is 0 Å². The summed E-state index contributed by atoms with van der Waals surface area (Å²) in [5, 5.41) is 11.6. The van der Waals surface area contributed by atoms with Gasteiger partial charge in [0.15, 0.2) is 0 Å². The van der Waals surface area contributed by atoms with Gasteiger partial charge in [-0.2, -0.15) is 0 Å². The molecule has 0 aromatic heterocycles. The number of hydrogen-bond acceptors (Lipinski definition) is 3. The van der Waals surface area contributed by atoms with E-state index in [1.165, 1.54) is 167 Å². The molecule has 0 aromatic rings. The molecule has 0 aliphatic heterocycles. The molecule has 0 saturated heterocycles. The van der Waals surface area contributed by atoms with Crippen LogP contribution in [0.1, 0.15) is 219 Å². The Balaban J connectivity index is 3.10. The van der Waals surface area contributed by atoms with Gasteiger partial charge in [-0.25, -0.2) is 0 Å². The number of carbonyl (C=O) groups excluding carboxylic acids is 1. The molecule has 0 aromatic carbocycles. The van der Waals surface area contributed by atoms with Crippen molar-refractivity contribution in [2.45, 2.75) is 219 Å². The van der Waals surface area contributed by atoms with Crippen molar-refractivity contribution in [2.75, 3.05) is 19.8 Å². The molecule has 5 heteroatoms. The van der Waals surface area contributed by atoms with E-state index >= 15 is 0 Å². The summed E-state index contributed by atoms with van der Waals surface area (Å²) in [6.07, 6.45) is 41.4. The number of rotatable bonds is 38. The molecule has 0 radical (unpaired) electrons. The van der Waals surface area contributed by atoms with Crippen LogP contribution in [-0.4, -0.2) is 36.7 Å². The van der Waals surface area contributed by atoms with Crippen LogP contribution in [0, 0.1) is 0 Å². The van der Waals surface area contributed by atoms with Crippen LogP contribution in [0.15, 0.2) is 0 Å². The van der Waals surface area contributed by atoms with Crippen LogP contribution in [-0.2, 0) is 14.3 Å². The summed E-state index contributed by atoms with van der Waals surface area (Å²) in [5.74, 6) is -0.604. The number of carboxylic acids is 1. The summed E-state index contributed by atoms with van der Waals surface area (Å²) < 4.78 is 5.85. The zero-order valence-corrected chi connectivity index (χ0v) is 29.6. The van der Waals surface area contributed by atoms with E-state index in [1.54, 1.807) is 0 Å². The third-order valence-corrected chi connectivity index (χ3v) is 8.97. The molecule has 0 rings (SSSR count). The fourth-order valence-corrected chi connectivity index (χ4v) is 6.01. The van der Waals surface area contributed by atoms with Crippen LogP contribution < -0.4 is 5.32 Å². The van der Waals surface area contributed by atoms with Gasteiger partial charge in [-0.05, 0) is 32.1 Å². The van der Waals surface area contributed by atoms with Crippen LogP contribution in [0.5, 0.6) is 0 Å². The van der Waals surface area contributed by atoms with Crippen molar-refractivity contribution in [3.63, 3.8) is 0 Å². The molecule has 0 fully saturated rings. The van der Waals surface area contributed by atoms with Gasteiger partial charge in [0.1, 0.15) is 0 Å². The van der Waals surface area contributed by atoms with Crippen molar-refractivity contribution < 1.29 is 19.4 Å². The van der Waals surface area contributed by atoms with Gasteiger partial charge < -0.3 is 15.2 Å². The minimum Gasteiger partial charge on any atom is -0.481 e. The van der Waals surface area contributed by atoms with Crippen LogP contribution in [0.3, 0.4) is 0 Å². The van der Waals surface area contributed by atoms with E-state index in [1.807, 2.05) is 0 Å². The highest BCUT2D eigenvalue weighted by Crippen LogP contribution is 2.15. The molecule has 0 aliphatic carbocycles. The maximum atomic E-state index is 11.8. The van der Waals surface area contributed by atoms with E-state index in [0.717, 1.165) is 38.9 Å². The zero-order valence-electron chi connectivity index (χ0n) is 29.6. The molecule has 0 unspecified atom stereocenters. The van der Waals surface area contributed by atoms with Crippen molar-refractivity contribution >= 4 is 11.9 Å². The minimum absolute atomic E-state index is 0.138. The van der Waals surface area contributed by atoms with Gasteiger partial charge in [0.25, 0.3) is 0 Å². The first-order chi connectivity index (χ1) is 21.7. The Kier molecular flexibility index (Phi) is 37.1. The predicted octanol–water partition coefficient (Wildman–Crippen LogP) is 12.1. The lowest BCUT2D eigenvalue weighted by molar-refractivity contribution is -0.137. The van der Waals surface area contributed by atoms with Crippen LogP contribution in [0.4, 0.5) is 0 Å². The lowest BCUT2D eigenvalue weighted by Crippen LogP contribution is -2.23. The van der Waals surface area contributed by atoms with Crippen molar-refractivity contribution in [1.82, 2.24) is 5.32 Å². The fraction of sp³-hybridized carbons (Fsp3) is 0.949. The molecule has 2 N–H and O–H groups in total. The highest BCUT2D eigenvalue weighted by atomic mass is 16.5. The first-order valence-corrected chi connectivity index (χ1v) is 19.7. The van der Waals surface area contributed by atoms with Crippen molar-refractivity contribution in [3.8, 4) is 0 Å². The van der Waals surface area contributed by atoms with Gasteiger partial charge in [-0.1, -0.05) is 174 Å². The average Bonchev–Trinajstić information content (AvgIpc) is 3.01. The quantitative estimate of drug-likeness (QED) is 0.0671. The average molecular weight is 624 g/mol. The summed E-state index contributed by atoms with van der Waals surface area (Å²) in [5.41, 5.74) is 0. The molecule has 0 bridgehead atoms. The van der Waals surface area contributed by atoms with Gasteiger partial charge in [-0.3, -0.25) is 9.59 Å². The van der Waals surface area contributed by atoms with Gasteiger partial charge >= 0.3 is 5.97 Å². The number of nitrogens with one attached hydrogen (secondary N) is 1. The topological polar surface area (TPSA) is 75.6 Å². The fourth-order valence-electron chi connectivity index (χ4n) is 6.01. The number of amides is 1. The molecule has 1 amide bonds. The second-order valence-corrected chi connectivity index (χ2v) is 13.5. The van der Waals surface area contributed by atoms with Crippen molar-refractivity contribution in [3.05, 3.63) is 0 Å². The second kappa shape index (κ2) is 38.1. The monoisotopic (exact) mass is 624 g/mol. The number of unbranched alkanes of at least 4 members (excludes halogenated alkanes) is 28. The zero-order chi connectivity index (χ0) is 32.0. The maximum Gasteiger partial charge on any atom is 0.303 e. The number of ether oxygens (including phenoxy) is 1. The Hall–Kier alpha value is -1.10. The Morgan fingerprint density at radius 1 is 0.432 bits per heavy atom. The van der Waals surface area contributed by atoms with E-state index < -0.39 is 5.97 Å². The highest BCUT2D eigenvalue weighted by Gasteiger charge is 2.02. The van der Waals surface area contributed by atoms with Crippen LogP contribution in [0.25, 0.3) is 0 Å². The Morgan fingerprint density at radius 2 is 0.750 bits per heavy atom. The van der Waals surface area contributed by atoms with E-state index in [-0.39, 0.29) is 12.3 Å². The highest BCUT2D eigenvalue weighted by molar-refractivity contribution is 5.75. The summed E-state index contributed by atoms with van der Waals surface area (Å²) in [4.78, 5) is 22.3. The predicted molar refractivity (Wildman–Crippen MR) is 189 cm³/mol. The third-order valence-electron chi connectivity index (χ3n) is 8.97. The number of carbonyl (C=O) groups is 2. The maximum absolute atomic E-state index is 11.8. The first-order valence-electron chi connectivity index (χ1n) is 19.7. The van der Waals surface area contributed by atoms with E-state index in [9.17, 15) is 9.59 Å². The Labute approximate surface area is 274 Å². The molecular formula is C39H77NO4. The molecule has 0 atom stereocenters. The van der Waals surface area contributed by atoms with Gasteiger partial charge in [0.2, 0.25) is 5.91 Å². The van der Waals surface area contributed by atoms with Crippen molar-refractivity contribution in [1.29, 1.82) is 0 Å². The number of aliphatic carboxylic acids is 1. The molecular weight excluding hydrogens is 546 g/mol. The SMILES string of the molecule is CCCCCCCCCCCCCCCCCCCCCCOCCCCCCCCCCC(=O)NCCCCCC(=O)O. The lowest BCUT2D eigenvalue weighted by atomic mass is 10.0. The lowest BCUT2D eigenvalue weighted by Gasteiger charge is -2.06. The Morgan fingerprint density at radius 3 is 1.14 bits per heavy atom. The summed E-state index contributed by atoms with van der Waals surface area (Å²) in [7, 11) is 0. The first kappa shape index (κ1) is 42.9. The number of carboxylic acid groups (broad SMARTS) is 1. The summed E-state index contributed by atoms with van der Waals surface area (Å²) in [6.45, 7) is 4.83. The molecule has 262 valence electrons. The van der Waals surface area contributed by atoms with E-state index in [0.29, 0.717) is 19.4 Å². The van der Waals surface area contributed by atoms with Crippen molar-refractivity contribution in [2.24, 2.45) is 0 Å². The van der Waals surface area contributed by atoms with Crippen LogP contribution in [0.2, 0.25) is 0 Å². The molecule has 0 saturated carbocycles. The largest absolute Gasteiger partial charge is 0.481 e. The van der Waals surface area contributed by atoms with Gasteiger partial charge in [0, 0.05) is 32.6 Å². The molecule has 0 aliphatic rings. The minimum atomic E-state index is -0.741. The Bertz CT molecular complexity index is 582. The molecule has 0 spiro atoms. The van der Waals surface area contributed by atoms with Gasteiger partial charge in [-0.15, -0.1) is 0 Å². The van der Waals surface area contributed by atoms with E-state index in [2.05, 4.69) is 12.2 Å². The van der Waals surface area contributed by atoms with Crippen LogP contribution >= 0.6 is 0 Å². The second-order valence-electron chi connectivity index (χ2n) is 13.5. The third kappa shape index (κ3) is 38.9. The normalized spacial score (nSPS) is 11.3. The smallest absolute Gasteiger partial charge is 0.303 e. The summed E-state index contributed by atoms with van der Waals surface area (Å²) >= 11 is 0. The molecule has 44 heavy (non-hydrogen) atoms.